The molecule has 4 heteroatoms. The molecular formula is C17H22N2O2. The molecule has 0 unspecified atom stereocenters. The van der Waals surface area contributed by atoms with E-state index in [1.807, 2.05) is 13.0 Å². The fourth-order valence-corrected chi connectivity index (χ4v) is 3.52. The first-order chi connectivity index (χ1) is 9.98. The molecule has 4 nitrogen and oxygen atoms in total. The monoisotopic (exact) mass is 286 g/mol. The van der Waals surface area contributed by atoms with Crippen LogP contribution in [0.4, 0.5) is 0 Å². The summed E-state index contributed by atoms with van der Waals surface area (Å²) in [5, 5.41) is 9.18. The predicted molar refractivity (Wildman–Crippen MR) is 82.6 cm³/mol. The molecule has 1 aliphatic rings. The van der Waals surface area contributed by atoms with Crippen molar-refractivity contribution in [2.75, 3.05) is 0 Å². The van der Waals surface area contributed by atoms with Crippen LogP contribution in [0, 0.1) is 12.3 Å². The molecule has 1 N–H and O–H groups in total. The molecular weight excluding hydrogens is 264 g/mol. The molecule has 21 heavy (non-hydrogen) atoms. The zero-order valence-electron chi connectivity index (χ0n) is 12.7. The molecule has 0 aliphatic heterocycles. The summed E-state index contributed by atoms with van der Waals surface area (Å²) in [6.07, 6.45) is 6.41. The Morgan fingerprint density at radius 3 is 2.71 bits per heavy atom. The minimum atomic E-state index is -0.883. The van der Waals surface area contributed by atoms with Gasteiger partial charge in [0.05, 0.1) is 16.6 Å². The van der Waals surface area contributed by atoms with E-state index in [4.69, 9.17) is 0 Å². The Bertz CT molecular complexity index is 681. The topological polar surface area (TPSA) is 55.1 Å². The lowest BCUT2D eigenvalue weighted by Gasteiger charge is -2.34. The number of carbonyl (C=O) groups is 1. The minimum absolute atomic E-state index is 0.301. The number of imidazole rings is 1. The Morgan fingerprint density at radius 2 is 2.05 bits per heavy atom. The number of hydrogen-bond acceptors (Lipinski definition) is 2. The number of aromatic nitrogens is 2. The van der Waals surface area contributed by atoms with Crippen molar-refractivity contribution in [3.05, 3.63) is 29.6 Å². The Morgan fingerprint density at radius 1 is 1.33 bits per heavy atom. The zero-order chi connectivity index (χ0) is 15.0. The number of carboxylic acid groups (broad SMARTS) is 1. The summed E-state index contributed by atoms with van der Waals surface area (Å²) in [6, 6.07) is 5.19. The zero-order valence-corrected chi connectivity index (χ0v) is 12.7. The van der Waals surface area contributed by atoms with Crippen LogP contribution in [0.1, 0.15) is 55.2 Å². The minimum Gasteiger partial charge on any atom is -0.478 e. The molecule has 112 valence electrons. The second-order valence-corrected chi connectivity index (χ2v) is 6.63. The number of nitrogens with zero attached hydrogens (tertiary/aromatic N) is 2. The molecule has 2 aromatic rings. The second kappa shape index (κ2) is 5.17. The van der Waals surface area contributed by atoms with Crippen LogP contribution >= 0.6 is 0 Å². The molecule has 1 aliphatic carbocycles. The van der Waals surface area contributed by atoms with Gasteiger partial charge in [-0.3, -0.25) is 0 Å². The van der Waals surface area contributed by atoms with Crippen LogP contribution in [0.3, 0.4) is 0 Å². The lowest BCUT2D eigenvalue weighted by molar-refractivity contribution is 0.0697. The lowest BCUT2D eigenvalue weighted by atomic mass is 9.75. The van der Waals surface area contributed by atoms with E-state index in [1.165, 1.54) is 32.1 Å². The van der Waals surface area contributed by atoms with E-state index in [0.29, 0.717) is 11.0 Å². The molecule has 0 amide bonds. The number of aromatic carboxylic acids is 1. The highest BCUT2D eigenvalue weighted by Gasteiger charge is 2.28. The van der Waals surface area contributed by atoms with Crippen molar-refractivity contribution in [1.82, 2.24) is 9.55 Å². The summed E-state index contributed by atoms with van der Waals surface area (Å²) in [6.45, 7) is 5.28. The molecule has 0 radical (unpaired) electrons. The van der Waals surface area contributed by atoms with Crippen LogP contribution < -0.4 is 0 Å². The molecule has 1 aromatic heterocycles. The maximum absolute atomic E-state index is 11.2. The number of rotatable bonds is 3. The van der Waals surface area contributed by atoms with E-state index in [0.717, 1.165) is 23.4 Å². The van der Waals surface area contributed by atoms with Gasteiger partial charge >= 0.3 is 5.97 Å². The van der Waals surface area contributed by atoms with Gasteiger partial charge in [0.25, 0.3) is 0 Å². The number of hydrogen-bond donors (Lipinski definition) is 1. The van der Waals surface area contributed by atoms with Crippen molar-refractivity contribution in [3.63, 3.8) is 0 Å². The molecule has 3 rings (SSSR count). The Labute approximate surface area is 124 Å². The maximum atomic E-state index is 11.2. The Balaban J connectivity index is 2.02. The van der Waals surface area contributed by atoms with E-state index in [2.05, 4.69) is 16.5 Å². The standard InChI is InChI=1S/C17H22N2O2/c1-12-18-14-7-6-13(16(20)21)10-15(14)19(12)11-17(2)8-4-3-5-9-17/h6-7,10H,3-5,8-9,11H2,1-2H3,(H,20,21). The summed E-state index contributed by atoms with van der Waals surface area (Å²) in [5.41, 5.74) is 2.46. The maximum Gasteiger partial charge on any atom is 0.335 e. The third-order valence-corrected chi connectivity index (χ3v) is 4.79. The van der Waals surface area contributed by atoms with Crippen LogP contribution in [-0.2, 0) is 6.54 Å². The van der Waals surface area contributed by atoms with E-state index in [1.54, 1.807) is 12.1 Å². The third kappa shape index (κ3) is 2.67. The van der Waals surface area contributed by atoms with Crippen molar-refractivity contribution in [2.45, 2.75) is 52.5 Å². The first-order valence-corrected chi connectivity index (χ1v) is 7.69. The third-order valence-electron chi connectivity index (χ3n) is 4.79. The van der Waals surface area contributed by atoms with Gasteiger partial charge in [0.2, 0.25) is 0 Å². The summed E-state index contributed by atoms with van der Waals surface area (Å²) in [4.78, 5) is 15.8. The number of fused-ring (bicyclic) bond motifs is 1. The van der Waals surface area contributed by atoms with E-state index >= 15 is 0 Å². The highest BCUT2D eigenvalue weighted by Crippen LogP contribution is 2.38. The fraction of sp³-hybridized carbons (Fsp3) is 0.529. The quantitative estimate of drug-likeness (QED) is 0.927. The average molecular weight is 286 g/mol. The number of carboxylic acids is 1. The molecule has 1 fully saturated rings. The lowest BCUT2D eigenvalue weighted by Crippen LogP contribution is -2.26. The van der Waals surface area contributed by atoms with Crippen LogP contribution in [0.15, 0.2) is 18.2 Å². The Kier molecular flexibility index (Phi) is 3.47. The highest BCUT2D eigenvalue weighted by atomic mass is 16.4. The number of benzene rings is 1. The fourth-order valence-electron chi connectivity index (χ4n) is 3.52. The van der Waals surface area contributed by atoms with Crippen molar-refractivity contribution in [1.29, 1.82) is 0 Å². The van der Waals surface area contributed by atoms with Gasteiger partial charge in [0, 0.05) is 6.54 Å². The molecule has 1 saturated carbocycles. The summed E-state index contributed by atoms with van der Waals surface area (Å²) in [7, 11) is 0. The smallest absolute Gasteiger partial charge is 0.335 e. The Hall–Kier alpha value is -1.84. The van der Waals surface area contributed by atoms with Crippen molar-refractivity contribution in [3.8, 4) is 0 Å². The van der Waals surface area contributed by atoms with Crippen molar-refractivity contribution >= 4 is 17.0 Å². The second-order valence-electron chi connectivity index (χ2n) is 6.63. The molecule has 1 heterocycles. The van der Waals surface area contributed by atoms with Crippen LogP contribution in [0.25, 0.3) is 11.0 Å². The van der Waals surface area contributed by atoms with Crippen molar-refractivity contribution in [2.24, 2.45) is 5.41 Å². The van der Waals surface area contributed by atoms with Gasteiger partial charge in [-0.25, -0.2) is 9.78 Å². The van der Waals surface area contributed by atoms with Gasteiger partial charge in [0.1, 0.15) is 5.82 Å². The van der Waals surface area contributed by atoms with Gasteiger partial charge in [-0.15, -0.1) is 0 Å². The van der Waals surface area contributed by atoms with Gasteiger partial charge in [-0.05, 0) is 43.4 Å². The van der Waals surface area contributed by atoms with Gasteiger partial charge in [0.15, 0.2) is 0 Å². The number of aryl methyl sites for hydroxylation is 1. The van der Waals surface area contributed by atoms with Crippen molar-refractivity contribution < 1.29 is 9.90 Å². The first kappa shape index (κ1) is 14.1. The van der Waals surface area contributed by atoms with E-state index in [9.17, 15) is 9.90 Å². The highest BCUT2D eigenvalue weighted by molar-refractivity contribution is 5.92. The molecule has 0 spiro atoms. The molecule has 0 bridgehead atoms. The molecule has 0 saturated heterocycles. The van der Waals surface area contributed by atoms with Crippen LogP contribution in [-0.4, -0.2) is 20.6 Å². The SMILES string of the molecule is Cc1nc2ccc(C(=O)O)cc2n1CC1(C)CCCCC1. The first-order valence-electron chi connectivity index (χ1n) is 7.69. The van der Waals surface area contributed by atoms with E-state index < -0.39 is 5.97 Å². The molecule has 0 atom stereocenters. The van der Waals surface area contributed by atoms with E-state index in [-0.39, 0.29) is 0 Å². The van der Waals surface area contributed by atoms with Gasteiger partial charge in [-0.2, -0.15) is 0 Å². The van der Waals surface area contributed by atoms with Gasteiger partial charge in [-0.1, -0.05) is 26.2 Å². The summed E-state index contributed by atoms with van der Waals surface area (Å²) >= 11 is 0. The molecule has 1 aromatic carbocycles. The normalized spacial score (nSPS) is 18.0. The average Bonchev–Trinajstić information content (AvgIpc) is 2.75. The largest absolute Gasteiger partial charge is 0.478 e. The van der Waals surface area contributed by atoms with Crippen LogP contribution in [0.2, 0.25) is 0 Å². The summed E-state index contributed by atoms with van der Waals surface area (Å²) < 4.78 is 2.20. The van der Waals surface area contributed by atoms with Crippen LogP contribution in [0.5, 0.6) is 0 Å². The summed E-state index contributed by atoms with van der Waals surface area (Å²) in [5.74, 6) is 0.0884. The predicted octanol–water partition coefficient (Wildman–Crippen LogP) is 4.01. The van der Waals surface area contributed by atoms with Gasteiger partial charge < -0.3 is 9.67 Å².